The zero-order valence-corrected chi connectivity index (χ0v) is 22.0. The number of amidine groups is 2. The molecule has 7 unspecified atom stereocenters. The Morgan fingerprint density at radius 1 is 0.853 bits per heavy atom. The van der Waals surface area contributed by atoms with Gasteiger partial charge in [-0.05, 0) is 43.6 Å². The predicted molar refractivity (Wildman–Crippen MR) is 143 cm³/mol. The van der Waals surface area contributed by atoms with Crippen LogP contribution >= 0.6 is 0 Å². The summed E-state index contributed by atoms with van der Waals surface area (Å²) in [6, 6.07) is 2.33. The first-order valence-electron chi connectivity index (χ1n) is 14.4. The molecule has 0 aromatic carbocycles. The van der Waals surface area contributed by atoms with Gasteiger partial charge in [0, 0.05) is 13.1 Å². The van der Waals surface area contributed by atoms with Crippen molar-refractivity contribution in [3.8, 4) is 0 Å². The van der Waals surface area contributed by atoms with Gasteiger partial charge in [-0.2, -0.15) is 0 Å². The molecule has 7 atom stereocenters. The molecule has 0 saturated heterocycles. The second-order valence-corrected chi connectivity index (χ2v) is 11.7. The van der Waals surface area contributed by atoms with Crippen LogP contribution in [0.5, 0.6) is 0 Å². The normalized spacial score (nSPS) is 34.6. The van der Waals surface area contributed by atoms with E-state index in [0.29, 0.717) is 36.0 Å². The molecule has 3 aliphatic heterocycles. The molecule has 0 radical (unpaired) electrons. The van der Waals surface area contributed by atoms with Gasteiger partial charge in [0.25, 0.3) is 0 Å². The number of hydrogen-bond donors (Lipinski definition) is 1. The minimum absolute atomic E-state index is 0.158. The quantitative estimate of drug-likeness (QED) is 0.512. The van der Waals surface area contributed by atoms with E-state index >= 15 is 0 Å². The SMILES string of the molecule is CCC(C)CN1C(C2=CC=CC(C3=NC4CCCCC4N3CC(C)CC)N2)=NC2CCCCC21. The zero-order chi connectivity index (χ0) is 23.7. The van der Waals surface area contributed by atoms with Gasteiger partial charge in [0.05, 0.1) is 29.9 Å². The molecule has 2 saturated carbocycles. The van der Waals surface area contributed by atoms with Crippen LogP contribution < -0.4 is 5.32 Å². The summed E-state index contributed by atoms with van der Waals surface area (Å²) in [4.78, 5) is 16.1. The van der Waals surface area contributed by atoms with E-state index in [2.05, 4.69) is 61.0 Å². The summed E-state index contributed by atoms with van der Waals surface area (Å²) < 4.78 is 0. The summed E-state index contributed by atoms with van der Waals surface area (Å²) in [7, 11) is 0. The summed E-state index contributed by atoms with van der Waals surface area (Å²) in [6.07, 6.45) is 19.7. The first kappa shape index (κ1) is 23.9. The molecular weight excluding hydrogens is 418 g/mol. The largest absolute Gasteiger partial charge is 0.369 e. The number of nitrogens with zero attached hydrogens (tertiary/aromatic N) is 4. The van der Waals surface area contributed by atoms with Crippen molar-refractivity contribution in [2.45, 2.75) is 122 Å². The van der Waals surface area contributed by atoms with Gasteiger partial charge in [0.15, 0.2) is 0 Å². The van der Waals surface area contributed by atoms with Crippen molar-refractivity contribution in [3.63, 3.8) is 0 Å². The molecule has 0 amide bonds. The van der Waals surface area contributed by atoms with Crippen molar-refractivity contribution >= 4 is 11.7 Å². The van der Waals surface area contributed by atoms with Gasteiger partial charge in [-0.3, -0.25) is 9.98 Å². The highest BCUT2D eigenvalue weighted by molar-refractivity contribution is 6.02. The van der Waals surface area contributed by atoms with Crippen molar-refractivity contribution in [2.24, 2.45) is 21.8 Å². The van der Waals surface area contributed by atoms with E-state index in [0.717, 1.165) is 13.1 Å². The van der Waals surface area contributed by atoms with E-state index < -0.39 is 0 Å². The molecule has 0 spiro atoms. The molecule has 5 aliphatic rings. The molecule has 188 valence electrons. The monoisotopic (exact) mass is 465 g/mol. The number of dihydropyridines is 1. The van der Waals surface area contributed by atoms with Crippen LogP contribution in [0.15, 0.2) is 33.9 Å². The van der Waals surface area contributed by atoms with Gasteiger partial charge in [-0.25, -0.2) is 0 Å². The van der Waals surface area contributed by atoms with Gasteiger partial charge in [-0.1, -0.05) is 78.4 Å². The molecule has 1 N–H and O–H groups in total. The number of allylic oxidation sites excluding steroid dienone is 2. The fraction of sp³-hybridized carbons (Fsp3) is 0.793. The molecule has 2 fully saturated rings. The van der Waals surface area contributed by atoms with Crippen LogP contribution in [0.4, 0.5) is 0 Å². The Balaban J connectivity index is 1.37. The third-order valence-electron chi connectivity index (χ3n) is 9.15. The van der Waals surface area contributed by atoms with Crippen LogP contribution in [-0.4, -0.2) is 64.8 Å². The summed E-state index contributed by atoms with van der Waals surface area (Å²) >= 11 is 0. The average Bonchev–Trinajstić information content (AvgIpc) is 3.42. The maximum Gasteiger partial charge on any atom is 0.148 e. The number of rotatable bonds is 8. The smallest absolute Gasteiger partial charge is 0.148 e. The van der Waals surface area contributed by atoms with Crippen LogP contribution in [0, 0.1) is 11.8 Å². The lowest BCUT2D eigenvalue weighted by atomic mass is 9.90. The van der Waals surface area contributed by atoms with Crippen molar-refractivity contribution in [1.82, 2.24) is 15.1 Å². The van der Waals surface area contributed by atoms with E-state index in [1.54, 1.807) is 0 Å². The van der Waals surface area contributed by atoms with E-state index in [1.165, 1.54) is 81.6 Å². The number of fused-ring (bicyclic) bond motifs is 2. The Morgan fingerprint density at radius 3 is 2.12 bits per heavy atom. The molecule has 0 aromatic heterocycles. The zero-order valence-electron chi connectivity index (χ0n) is 22.0. The summed E-state index contributed by atoms with van der Waals surface area (Å²) in [5.41, 5.74) is 1.21. The average molecular weight is 466 g/mol. The minimum Gasteiger partial charge on any atom is -0.369 e. The molecule has 5 nitrogen and oxygen atoms in total. The highest BCUT2D eigenvalue weighted by Crippen LogP contribution is 2.35. The Labute approximate surface area is 207 Å². The number of hydrogen-bond acceptors (Lipinski definition) is 5. The minimum atomic E-state index is 0.158. The Bertz CT molecular complexity index is 841. The van der Waals surface area contributed by atoms with E-state index in [1.807, 2.05) is 0 Å². The Morgan fingerprint density at radius 2 is 1.44 bits per heavy atom. The first-order valence-corrected chi connectivity index (χ1v) is 14.4. The second kappa shape index (κ2) is 10.5. The maximum absolute atomic E-state index is 5.36. The van der Waals surface area contributed by atoms with Gasteiger partial charge in [0.2, 0.25) is 0 Å². The topological polar surface area (TPSA) is 43.2 Å². The van der Waals surface area contributed by atoms with Crippen LogP contribution in [0.1, 0.15) is 91.9 Å². The number of aliphatic imine (C=N–C) groups is 2. The molecule has 5 rings (SSSR count). The third-order valence-corrected chi connectivity index (χ3v) is 9.15. The molecular formula is C29H47N5. The van der Waals surface area contributed by atoms with Crippen molar-refractivity contribution in [3.05, 3.63) is 23.9 Å². The highest BCUT2D eigenvalue weighted by atomic mass is 15.3. The van der Waals surface area contributed by atoms with Crippen LogP contribution in [0.3, 0.4) is 0 Å². The lowest BCUT2D eigenvalue weighted by Gasteiger charge is -2.38. The third kappa shape index (κ3) is 4.68. The first-order chi connectivity index (χ1) is 16.6. The maximum atomic E-state index is 5.36. The number of nitrogens with one attached hydrogen (secondary N) is 1. The van der Waals surface area contributed by atoms with Gasteiger partial charge in [-0.15, -0.1) is 0 Å². The van der Waals surface area contributed by atoms with Gasteiger partial charge >= 0.3 is 0 Å². The summed E-state index contributed by atoms with van der Waals surface area (Å²) in [6.45, 7) is 11.7. The van der Waals surface area contributed by atoms with Crippen LogP contribution in [0.25, 0.3) is 0 Å². The lowest BCUT2D eigenvalue weighted by molar-refractivity contribution is 0.218. The van der Waals surface area contributed by atoms with Crippen molar-refractivity contribution in [1.29, 1.82) is 0 Å². The molecule has 3 heterocycles. The van der Waals surface area contributed by atoms with Crippen LogP contribution in [0.2, 0.25) is 0 Å². The Kier molecular flexibility index (Phi) is 7.36. The van der Waals surface area contributed by atoms with E-state index in [9.17, 15) is 0 Å². The van der Waals surface area contributed by atoms with Crippen molar-refractivity contribution < 1.29 is 0 Å². The highest BCUT2D eigenvalue weighted by Gasteiger charge is 2.42. The van der Waals surface area contributed by atoms with Gasteiger partial charge in [0.1, 0.15) is 17.7 Å². The summed E-state index contributed by atoms with van der Waals surface area (Å²) in [5, 5.41) is 3.93. The Hall–Kier alpha value is -1.78. The molecule has 2 aliphatic carbocycles. The molecule has 0 aromatic rings. The lowest BCUT2D eigenvalue weighted by Crippen LogP contribution is -2.51. The second-order valence-electron chi connectivity index (χ2n) is 11.7. The predicted octanol–water partition coefficient (Wildman–Crippen LogP) is 5.54. The molecule has 34 heavy (non-hydrogen) atoms. The van der Waals surface area contributed by atoms with Crippen LogP contribution in [-0.2, 0) is 0 Å². The standard InChI is InChI=1S/C29H47N5/c1-5-20(3)18-33-26-16-9-7-12-22(26)31-28(33)24-14-11-15-25(30-24)29-32-23-13-8-10-17-27(23)34(29)19-21(4)6-2/h11,14-15,20-24,26-27,30H,5-10,12-13,16-19H2,1-4H3. The molecule has 5 heteroatoms. The fourth-order valence-corrected chi connectivity index (χ4v) is 6.69. The van der Waals surface area contributed by atoms with Crippen molar-refractivity contribution in [2.75, 3.05) is 13.1 Å². The van der Waals surface area contributed by atoms with E-state index in [-0.39, 0.29) is 6.04 Å². The molecule has 0 bridgehead atoms. The van der Waals surface area contributed by atoms with Gasteiger partial charge < -0.3 is 15.1 Å². The summed E-state index contributed by atoms with van der Waals surface area (Å²) in [5.74, 6) is 3.89. The van der Waals surface area contributed by atoms with E-state index in [4.69, 9.17) is 9.98 Å². The fourth-order valence-electron chi connectivity index (χ4n) is 6.69.